The molecule has 1 aromatic carbocycles. The van der Waals surface area contributed by atoms with Gasteiger partial charge in [0.25, 0.3) is 0 Å². The largest absolute Gasteiger partial charge is 0.399 e. The number of nitrogens with two attached hydrogens (primary N) is 1. The smallest absolute Gasteiger partial charge is 0.248 e. The first-order valence-electron chi connectivity index (χ1n) is 6.57. The molecule has 0 bridgehead atoms. The summed E-state index contributed by atoms with van der Waals surface area (Å²) in [7, 11) is 0. The predicted octanol–water partition coefficient (Wildman–Crippen LogP) is 1.83. The van der Waals surface area contributed by atoms with Crippen molar-refractivity contribution in [1.29, 1.82) is 0 Å². The van der Waals surface area contributed by atoms with Crippen molar-refractivity contribution >= 4 is 35.0 Å². The quantitative estimate of drug-likeness (QED) is 0.834. The Morgan fingerprint density at radius 3 is 2.95 bits per heavy atom. The number of nitrogens with one attached hydrogen (secondary N) is 1. The molecule has 3 N–H and O–H groups in total. The fourth-order valence-corrected chi connectivity index (χ4v) is 3.28. The normalized spacial score (nSPS) is 18.1. The van der Waals surface area contributed by atoms with E-state index in [0.29, 0.717) is 29.4 Å². The molecule has 1 aliphatic heterocycles. The molecule has 1 saturated heterocycles. The zero-order valence-electron chi connectivity index (χ0n) is 11.7. The van der Waals surface area contributed by atoms with Gasteiger partial charge in [-0.25, -0.2) is 0 Å². The van der Waals surface area contributed by atoms with E-state index in [9.17, 15) is 9.59 Å². The van der Waals surface area contributed by atoms with Gasteiger partial charge in [0, 0.05) is 23.5 Å². The maximum absolute atomic E-state index is 12.3. The number of anilines is 2. The lowest BCUT2D eigenvalue weighted by Gasteiger charge is -2.23. The third-order valence-electron chi connectivity index (χ3n) is 3.33. The summed E-state index contributed by atoms with van der Waals surface area (Å²) in [6.07, 6.45) is 0.418. The van der Waals surface area contributed by atoms with Crippen LogP contribution in [-0.4, -0.2) is 34.4 Å². The van der Waals surface area contributed by atoms with Gasteiger partial charge in [0.1, 0.15) is 6.04 Å². The molecular weight excluding hydrogens is 274 g/mol. The SMILES string of the molecule is CCC(=O)N1CSCC1C(=O)Nc1cc(N)ccc1C. The van der Waals surface area contributed by atoms with E-state index >= 15 is 0 Å². The minimum atomic E-state index is -0.395. The highest BCUT2D eigenvalue weighted by Gasteiger charge is 2.33. The van der Waals surface area contributed by atoms with Gasteiger partial charge in [-0.15, -0.1) is 11.8 Å². The second kappa shape index (κ2) is 6.17. The molecule has 1 heterocycles. The minimum absolute atomic E-state index is 0.0134. The van der Waals surface area contributed by atoms with Crippen LogP contribution in [0.5, 0.6) is 0 Å². The maximum atomic E-state index is 12.3. The average Bonchev–Trinajstić information content (AvgIpc) is 2.91. The van der Waals surface area contributed by atoms with E-state index in [0.717, 1.165) is 5.56 Å². The van der Waals surface area contributed by atoms with Gasteiger partial charge in [-0.2, -0.15) is 0 Å². The van der Waals surface area contributed by atoms with Gasteiger partial charge in [0.15, 0.2) is 0 Å². The topological polar surface area (TPSA) is 75.4 Å². The molecule has 1 unspecified atom stereocenters. The van der Waals surface area contributed by atoms with Crippen molar-refractivity contribution in [3.05, 3.63) is 23.8 Å². The van der Waals surface area contributed by atoms with Crippen LogP contribution in [-0.2, 0) is 9.59 Å². The van der Waals surface area contributed by atoms with Crippen LogP contribution in [0.25, 0.3) is 0 Å². The van der Waals surface area contributed by atoms with Crippen LogP contribution in [0.2, 0.25) is 0 Å². The van der Waals surface area contributed by atoms with Crippen molar-refractivity contribution in [2.45, 2.75) is 26.3 Å². The molecule has 1 fully saturated rings. The number of nitrogens with zero attached hydrogens (tertiary/aromatic N) is 1. The standard InChI is InChI=1S/C14H19N3O2S/c1-3-13(18)17-8-20-7-12(17)14(19)16-11-6-10(15)5-4-9(11)2/h4-6,12H,3,7-8,15H2,1-2H3,(H,16,19). The highest BCUT2D eigenvalue weighted by molar-refractivity contribution is 7.99. The molecule has 0 aromatic heterocycles. The molecule has 0 radical (unpaired) electrons. The summed E-state index contributed by atoms with van der Waals surface area (Å²) in [5, 5.41) is 2.88. The van der Waals surface area contributed by atoms with Gasteiger partial charge in [0.2, 0.25) is 11.8 Å². The maximum Gasteiger partial charge on any atom is 0.248 e. The number of carbonyl (C=O) groups is 2. The van der Waals surface area contributed by atoms with E-state index in [1.54, 1.807) is 28.8 Å². The van der Waals surface area contributed by atoms with E-state index in [1.807, 2.05) is 19.9 Å². The van der Waals surface area contributed by atoms with Crippen LogP contribution in [0.1, 0.15) is 18.9 Å². The number of thioether (sulfide) groups is 1. The second-order valence-electron chi connectivity index (χ2n) is 4.80. The van der Waals surface area contributed by atoms with Gasteiger partial charge in [-0.3, -0.25) is 9.59 Å². The molecule has 0 saturated carbocycles. The first kappa shape index (κ1) is 14.7. The first-order valence-corrected chi connectivity index (χ1v) is 7.72. The fourth-order valence-electron chi connectivity index (χ4n) is 2.10. The van der Waals surface area contributed by atoms with Crippen molar-refractivity contribution in [3.8, 4) is 0 Å². The number of rotatable bonds is 3. The second-order valence-corrected chi connectivity index (χ2v) is 5.80. The highest BCUT2D eigenvalue weighted by Crippen LogP contribution is 2.24. The molecule has 2 rings (SSSR count). The van der Waals surface area contributed by atoms with E-state index in [2.05, 4.69) is 5.32 Å². The Morgan fingerprint density at radius 2 is 2.25 bits per heavy atom. The van der Waals surface area contributed by atoms with Crippen molar-refractivity contribution in [2.75, 3.05) is 22.7 Å². The Balaban J connectivity index is 2.11. The Morgan fingerprint density at radius 1 is 1.50 bits per heavy atom. The van der Waals surface area contributed by atoms with Crippen LogP contribution in [0.3, 0.4) is 0 Å². The number of hydrogen-bond acceptors (Lipinski definition) is 4. The van der Waals surface area contributed by atoms with Crippen molar-refractivity contribution in [3.63, 3.8) is 0 Å². The number of aryl methyl sites for hydroxylation is 1. The Kier molecular flexibility index (Phi) is 4.54. The molecule has 1 atom stereocenters. The lowest BCUT2D eigenvalue weighted by Crippen LogP contribution is -2.44. The van der Waals surface area contributed by atoms with Gasteiger partial charge in [0.05, 0.1) is 5.88 Å². The van der Waals surface area contributed by atoms with E-state index in [4.69, 9.17) is 5.73 Å². The lowest BCUT2D eigenvalue weighted by molar-refractivity contribution is -0.135. The summed E-state index contributed by atoms with van der Waals surface area (Å²) in [6.45, 7) is 3.72. The monoisotopic (exact) mass is 293 g/mol. The van der Waals surface area contributed by atoms with Gasteiger partial charge < -0.3 is 16.0 Å². The number of amides is 2. The zero-order chi connectivity index (χ0) is 14.7. The van der Waals surface area contributed by atoms with Crippen LogP contribution in [0.15, 0.2) is 18.2 Å². The molecule has 1 aromatic rings. The molecular formula is C14H19N3O2S. The van der Waals surface area contributed by atoms with Crippen molar-refractivity contribution < 1.29 is 9.59 Å². The van der Waals surface area contributed by atoms with Crippen LogP contribution < -0.4 is 11.1 Å². The number of benzene rings is 1. The summed E-state index contributed by atoms with van der Waals surface area (Å²) in [5.74, 6) is 1.09. The number of hydrogen-bond donors (Lipinski definition) is 2. The minimum Gasteiger partial charge on any atom is -0.399 e. The summed E-state index contributed by atoms with van der Waals surface area (Å²) < 4.78 is 0. The van der Waals surface area contributed by atoms with Crippen molar-refractivity contribution in [2.24, 2.45) is 0 Å². The molecule has 5 nitrogen and oxygen atoms in total. The lowest BCUT2D eigenvalue weighted by atomic mass is 10.1. The molecule has 0 spiro atoms. The molecule has 2 amide bonds. The number of nitrogen functional groups attached to an aromatic ring is 1. The van der Waals surface area contributed by atoms with Crippen LogP contribution in [0, 0.1) is 6.92 Å². The Hall–Kier alpha value is -1.69. The number of carbonyl (C=O) groups excluding carboxylic acids is 2. The molecule has 20 heavy (non-hydrogen) atoms. The average molecular weight is 293 g/mol. The van der Waals surface area contributed by atoms with E-state index in [-0.39, 0.29) is 11.8 Å². The Labute approximate surface area is 122 Å². The Bertz CT molecular complexity index is 533. The van der Waals surface area contributed by atoms with Crippen molar-refractivity contribution in [1.82, 2.24) is 4.90 Å². The van der Waals surface area contributed by atoms with Gasteiger partial charge in [-0.05, 0) is 24.6 Å². The van der Waals surface area contributed by atoms with Gasteiger partial charge >= 0.3 is 0 Å². The molecule has 6 heteroatoms. The summed E-state index contributed by atoms with van der Waals surface area (Å²) in [6, 6.07) is 5.00. The summed E-state index contributed by atoms with van der Waals surface area (Å²) >= 11 is 1.60. The molecule has 108 valence electrons. The van der Waals surface area contributed by atoms with E-state index < -0.39 is 6.04 Å². The van der Waals surface area contributed by atoms with E-state index in [1.165, 1.54) is 0 Å². The van der Waals surface area contributed by atoms with Crippen LogP contribution in [0.4, 0.5) is 11.4 Å². The summed E-state index contributed by atoms with van der Waals surface area (Å²) in [5.41, 5.74) is 7.99. The zero-order valence-corrected chi connectivity index (χ0v) is 12.5. The fraction of sp³-hybridized carbons (Fsp3) is 0.429. The summed E-state index contributed by atoms with van der Waals surface area (Å²) in [4.78, 5) is 25.8. The third-order valence-corrected chi connectivity index (χ3v) is 4.34. The highest BCUT2D eigenvalue weighted by atomic mass is 32.2. The first-order chi connectivity index (χ1) is 9.52. The predicted molar refractivity (Wildman–Crippen MR) is 82.5 cm³/mol. The third kappa shape index (κ3) is 3.07. The molecule has 1 aliphatic rings. The molecule has 0 aliphatic carbocycles. The van der Waals surface area contributed by atoms with Gasteiger partial charge in [-0.1, -0.05) is 13.0 Å². The van der Waals surface area contributed by atoms with Crippen LogP contribution >= 0.6 is 11.8 Å².